The molecule has 7 atom stereocenters. The van der Waals surface area contributed by atoms with Gasteiger partial charge in [-0.2, -0.15) is 0 Å². The second-order valence-electron chi connectivity index (χ2n) is 17.6. The molecule has 1 aliphatic heterocycles. The number of hydrogen-bond acceptors (Lipinski definition) is 8. The predicted octanol–water partition coefficient (Wildman–Crippen LogP) is 11.1. The highest BCUT2D eigenvalue weighted by Gasteiger charge is 2.44. The number of aliphatic hydroxyl groups is 5. The molecule has 0 spiro atoms. The van der Waals surface area contributed by atoms with Crippen LogP contribution in [0.2, 0.25) is 0 Å². The molecule has 0 aromatic carbocycles. The maximum atomic E-state index is 13.0. The number of unbranched alkanes of at least 4 members (excludes halogenated alkanes) is 30. The fourth-order valence-electron chi connectivity index (χ4n) is 7.97. The zero-order valence-electron chi connectivity index (χ0n) is 38.3. The van der Waals surface area contributed by atoms with Gasteiger partial charge in [-0.1, -0.05) is 205 Å². The molecule has 1 amide bonds. The molecule has 1 rings (SSSR count). The number of aliphatic hydroxyl groups excluding tert-OH is 5. The normalized spacial score (nSPS) is 20.8. The van der Waals surface area contributed by atoms with Gasteiger partial charge in [-0.05, 0) is 44.9 Å². The van der Waals surface area contributed by atoms with Gasteiger partial charge in [0.05, 0.1) is 25.4 Å². The standard InChI is InChI=1S/C50H95NO8/c1-3-5-7-9-11-13-15-17-19-21-23-25-27-29-31-33-35-37-39-44(53)43(42-58-50-49(57)48(56)47(55)45(41-52)59-50)51-46(54)40-38-36-34-32-30-28-26-24-22-20-18-16-14-12-10-8-6-4-2/h20,22,37,39,43-45,47-50,52-53,55-57H,3-19,21,23-36,38,40-42H2,1-2H3,(H,51,54)/b22-20-,39-37+. The van der Waals surface area contributed by atoms with Crippen LogP contribution >= 0.6 is 0 Å². The van der Waals surface area contributed by atoms with Crippen molar-refractivity contribution in [1.82, 2.24) is 5.32 Å². The average molecular weight is 838 g/mol. The van der Waals surface area contributed by atoms with Gasteiger partial charge in [-0.3, -0.25) is 4.79 Å². The lowest BCUT2D eigenvalue weighted by atomic mass is 9.99. The summed E-state index contributed by atoms with van der Waals surface area (Å²) >= 11 is 0. The summed E-state index contributed by atoms with van der Waals surface area (Å²) in [5.41, 5.74) is 0. The van der Waals surface area contributed by atoms with E-state index >= 15 is 0 Å². The van der Waals surface area contributed by atoms with Crippen LogP contribution in [0.4, 0.5) is 0 Å². The van der Waals surface area contributed by atoms with Crippen LogP contribution in [-0.2, 0) is 14.3 Å². The first-order valence-electron chi connectivity index (χ1n) is 25.1. The number of amides is 1. The summed E-state index contributed by atoms with van der Waals surface area (Å²) < 4.78 is 11.2. The zero-order chi connectivity index (χ0) is 43.0. The second kappa shape index (κ2) is 40.7. The van der Waals surface area contributed by atoms with E-state index in [2.05, 4.69) is 31.3 Å². The molecular weight excluding hydrogens is 743 g/mol. The fraction of sp³-hybridized carbons (Fsp3) is 0.900. The van der Waals surface area contributed by atoms with Crippen molar-refractivity contribution in [3.8, 4) is 0 Å². The van der Waals surface area contributed by atoms with Crippen LogP contribution in [0.15, 0.2) is 24.3 Å². The third-order valence-corrected chi connectivity index (χ3v) is 12.0. The Kier molecular flexibility index (Phi) is 38.4. The highest BCUT2D eigenvalue weighted by atomic mass is 16.7. The summed E-state index contributed by atoms with van der Waals surface area (Å²) in [4.78, 5) is 13.0. The minimum Gasteiger partial charge on any atom is -0.394 e. The molecule has 348 valence electrons. The van der Waals surface area contributed by atoms with Crippen LogP contribution in [0, 0.1) is 0 Å². The molecule has 1 aliphatic rings. The first-order valence-corrected chi connectivity index (χ1v) is 25.1. The summed E-state index contributed by atoms with van der Waals surface area (Å²) in [6, 6.07) is -0.804. The quantitative estimate of drug-likeness (QED) is 0.0263. The topological polar surface area (TPSA) is 149 Å². The van der Waals surface area contributed by atoms with E-state index in [4.69, 9.17) is 9.47 Å². The van der Waals surface area contributed by atoms with Crippen molar-refractivity contribution >= 4 is 5.91 Å². The van der Waals surface area contributed by atoms with Gasteiger partial charge in [-0.15, -0.1) is 0 Å². The number of hydrogen-bond donors (Lipinski definition) is 6. The minimum atomic E-state index is -1.56. The lowest BCUT2D eigenvalue weighted by molar-refractivity contribution is -0.302. The SMILES string of the molecule is CCCCCCCCC/C=C\CCCCCCCCCC(=O)NC(COC1OC(CO)C(O)C(O)C1O)C(O)/C=C/CCCCCCCCCCCCCCCCCC. The van der Waals surface area contributed by atoms with Gasteiger partial charge in [-0.25, -0.2) is 0 Å². The molecule has 0 aliphatic carbocycles. The van der Waals surface area contributed by atoms with E-state index in [1.165, 1.54) is 173 Å². The molecule has 9 heteroatoms. The van der Waals surface area contributed by atoms with Crippen molar-refractivity contribution in [2.75, 3.05) is 13.2 Å². The van der Waals surface area contributed by atoms with Crippen LogP contribution in [-0.4, -0.2) is 87.5 Å². The molecule has 7 unspecified atom stereocenters. The third kappa shape index (κ3) is 31.2. The number of nitrogens with one attached hydrogen (secondary N) is 1. The largest absolute Gasteiger partial charge is 0.394 e. The third-order valence-electron chi connectivity index (χ3n) is 12.0. The van der Waals surface area contributed by atoms with Gasteiger partial charge >= 0.3 is 0 Å². The molecule has 0 saturated carbocycles. The molecule has 0 aromatic heterocycles. The molecule has 1 saturated heterocycles. The smallest absolute Gasteiger partial charge is 0.220 e. The molecule has 1 heterocycles. The van der Waals surface area contributed by atoms with Crippen LogP contribution < -0.4 is 5.32 Å². The summed E-state index contributed by atoms with van der Waals surface area (Å²) in [6.07, 6.45) is 42.2. The minimum absolute atomic E-state index is 0.180. The first-order chi connectivity index (χ1) is 28.8. The molecule has 6 N–H and O–H groups in total. The van der Waals surface area contributed by atoms with E-state index in [0.717, 1.165) is 38.5 Å². The summed E-state index contributed by atoms with van der Waals surface area (Å²) in [6.45, 7) is 3.79. The first kappa shape index (κ1) is 55.7. The number of carbonyl (C=O) groups excluding carboxylic acids is 1. The number of rotatable bonds is 42. The van der Waals surface area contributed by atoms with E-state index in [9.17, 15) is 30.3 Å². The Labute approximate surface area is 362 Å². The molecule has 1 fully saturated rings. The Morgan fingerprint density at radius 3 is 1.37 bits per heavy atom. The number of ether oxygens (including phenoxy) is 2. The Balaban J connectivity index is 2.32. The van der Waals surface area contributed by atoms with Crippen LogP contribution in [0.25, 0.3) is 0 Å². The highest BCUT2D eigenvalue weighted by Crippen LogP contribution is 2.23. The monoisotopic (exact) mass is 838 g/mol. The fourth-order valence-corrected chi connectivity index (χ4v) is 7.97. The lowest BCUT2D eigenvalue weighted by Crippen LogP contribution is -2.60. The molecule has 0 bridgehead atoms. The Bertz CT molecular complexity index is 977. The van der Waals surface area contributed by atoms with Crippen molar-refractivity contribution in [2.24, 2.45) is 0 Å². The van der Waals surface area contributed by atoms with Crippen LogP contribution in [0.3, 0.4) is 0 Å². The lowest BCUT2D eigenvalue weighted by Gasteiger charge is -2.40. The van der Waals surface area contributed by atoms with Crippen LogP contribution in [0.5, 0.6) is 0 Å². The number of carbonyl (C=O) groups is 1. The molecular formula is C50H95NO8. The van der Waals surface area contributed by atoms with E-state index in [1.54, 1.807) is 6.08 Å². The molecule has 0 radical (unpaired) electrons. The van der Waals surface area contributed by atoms with Crippen molar-refractivity contribution in [3.63, 3.8) is 0 Å². The van der Waals surface area contributed by atoms with Crippen molar-refractivity contribution in [2.45, 2.75) is 275 Å². The molecule has 9 nitrogen and oxygen atoms in total. The van der Waals surface area contributed by atoms with E-state index in [1.807, 2.05) is 6.08 Å². The Hall–Kier alpha value is -1.33. The van der Waals surface area contributed by atoms with Crippen molar-refractivity contribution in [3.05, 3.63) is 24.3 Å². The van der Waals surface area contributed by atoms with Crippen molar-refractivity contribution < 1.29 is 39.8 Å². The van der Waals surface area contributed by atoms with E-state index in [-0.39, 0.29) is 12.5 Å². The maximum absolute atomic E-state index is 13.0. The van der Waals surface area contributed by atoms with E-state index in [0.29, 0.717) is 6.42 Å². The van der Waals surface area contributed by atoms with Crippen LogP contribution in [0.1, 0.15) is 232 Å². The van der Waals surface area contributed by atoms with Gasteiger partial charge in [0.25, 0.3) is 0 Å². The van der Waals surface area contributed by atoms with Gasteiger partial charge in [0.1, 0.15) is 24.4 Å². The second-order valence-corrected chi connectivity index (χ2v) is 17.6. The Morgan fingerprint density at radius 1 is 0.559 bits per heavy atom. The van der Waals surface area contributed by atoms with Gasteiger partial charge in [0.15, 0.2) is 6.29 Å². The van der Waals surface area contributed by atoms with Gasteiger partial charge in [0.2, 0.25) is 5.91 Å². The highest BCUT2D eigenvalue weighted by molar-refractivity contribution is 5.76. The predicted molar refractivity (Wildman–Crippen MR) is 244 cm³/mol. The van der Waals surface area contributed by atoms with Gasteiger partial charge in [0, 0.05) is 6.42 Å². The zero-order valence-corrected chi connectivity index (χ0v) is 38.3. The molecule has 59 heavy (non-hydrogen) atoms. The molecule has 0 aromatic rings. The summed E-state index contributed by atoms with van der Waals surface area (Å²) in [7, 11) is 0. The van der Waals surface area contributed by atoms with Gasteiger partial charge < -0.3 is 40.3 Å². The summed E-state index contributed by atoms with van der Waals surface area (Å²) in [5, 5.41) is 54.3. The van der Waals surface area contributed by atoms with E-state index < -0.39 is 49.5 Å². The summed E-state index contributed by atoms with van der Waals surface area (Å²) in [5.74, 6) is -0.180. The Morgan fingerprint density at radius 2 is 0.949 bits per heavy atom. The number of allylic oxidation sites excluding steroid dienone is 3. The van der Waals surface area contributed by atoms with Crippen molar-refractivity contribution in [1.29, 1.82) is 0 Å². The maximum Gasteiger partial charge on any atom is 0.220 e. The average Bonchev–Trinajstić information content (AvgIpc) is 3.23.